The molecule has 0 spiro atoms. The highest BCUT2D eigenvalue weighted by Gasteiger charge is 2.41. The first kappa shape index (κ1) is 47.8. The molecule has 0 N–H and O–H groups in total. The summed E-state index contributed by atoms with van der Waals surface area (Å²) in [4.78, 5) is 2.54. The van der Waals surface area contributed by atoms with Gasteiger partial charge in [0.1, 0.15) is 0 Å². The van der Waals surface area contributed by atoms with Gasteiger partial charge in [-0.1, -0.05) is 215 Å². The first-order chi connectivity index (χ1) is 33.6. The fourth-order valence-electron chi connectivity index (χ4n) is 13.8. The molecule has 6 aromatic rings. The molecule has 360 valence electrons. The van der Waals surface area contributed by atoms with Crippen molar-refractivity contribution in [2.45, 2.75) is 192 Å². The average molecular weight is 914 g/mol. The average Bonchev–Trinajstić information content (AvgIpc) is 3.62. The lowest BCUT2D eigenvalue weighted by molar-refractivity contribution is 0.347. The lowest BCUT2D eigenvalue weighted by Crippen LogP contribution is -2.23. The summed E-state index contributed by atoms with van der Waals surface area (Å²) >= 11 is 0. The van der Waals surface area contributed by atoms with Crippen molar-refractivity contribution in [1.29, 1.82) is 0 Å². The molecule has 0 aromatic heterocycles. The van der Waals surface area contributed by atoms with Gasteiger partial charge < -0.3 is 4.90 Å². The molecule has 1 heteroatoms. The fourth-order valence-corrected chi connectivity index (χ4v) is 13.8. The van der Waals surface area contributed by atoms with Gasteiger partial charge in [0.15, 0.2) is 0 Å². The maximum atomic E-state index is 2.70. The van der Waals surface area contributed by atoms with E-state index in [2.05, 4.69) is 180 Å². The second-order valence-electron chi connectivity index (χ2n) is 23.6. The van der Waals surface area contributed by atoms with Crippen LogP contribution < -0.4 is 4.90 Å². The van der Waals surface area contributed by atoms with E-state index in [4.69, 9.17) is 0 Å². The topological polar surface area (TPSA) is 3.24 Å². The molecule has 69 heavy (non-hydrogen) atoms. The lowest BCUT2D eigenvalue weighted by atomic mass is 9.73. The van der Waals surface area contributed by atoms with Crippen molar-refractivity contribution in [3.63, 3.8) is 0 Å². The maximum absolute atomic E-state index is 2.70. The lowest BCUT2D eigenvalue weighted by Gasteiger charge is -2.31. The van der Waals surface area contributed by atoms with Crippen LogP contribution in [0.4, 0.5) is 17.1 Å². The SMILES string of the molecule is CCC1CCCC(c2cc(-c3ccc(N(c4ccc(C5CCCCC5)cc4)c4ccc5c(c4)C(C)(c4ccc(C(C)(C)C)cc4)c4ccccc4-5)cc3)cc(C3CCCC(CC)CCC3)c2)CCC1. The summed E-state index contributed by atoms with van der Waals surface area (Å²) in [6.45, 7) is 14.2. The number of hydrogen-bond acceptors (Lipinski definition) is 1. The van der Waals surface area contributed by atoms with E-state index in [0.29, 0.717) is 17.8 Å². The summed E-state index contributed by atoms with van der Waals surface area (Å²) in [6.07, 6.45) is 25.8. The van der Waals surface area contributed by atoms with E-state index in [1.165, 1.54) is 189 Å². The maximum Gasteiger partial charge on any atom is 0.0465 e. The van der Waals surface area contributed by atoms with Crippen molar-refractivity contribution < 1.29 is 0 Å². The van der Waals surface area contributed by atoms with Crippen molar-refractivity contribution in [2.24, 2.45) is 11.8 Å². The third-order valence-corrected chi connectivity index (χ3v) is 18.3. The minimum atomic E-state index is -0.288. The Kier molecular flexibility index (Phi) is 14.4. The molecule has 4 aliphatic carbocycles. The zero-order chi connectivity index (χ0) is 47.5. The highest BCUT2D eigenvalue weighted by Crippen LogP contribution is 2.54. The molecule has 0 radical (unpaired) electrons. The molecule has 0 aliphatic heterocycles. The van der Waals surface area contributed by atoms with E-state index >= 15 is 0 Å². The van der Waals surface area contributed by atoms with Crippen molar-refractivity contribution in [1.82, 2.24) is 0 Å². The summed E-state index contributed by atoms with van der Waals surface area (Å²) in [5.74, 6) is 3.85. The van der Waals surface area contributed by atoms with E-state index in [-0.39, 0.29) is 10.8 Å². The number of benzene rings is 6. The van der Waals surface area contributed by atoms with Crippen LogP contribution in [0.2, 0.25) is 0 Å². The molecule has 0 amide bonds. The minimum Gasteiger partial charge on any atom is -0.310 e. The predicted octanol–water partition coefficient (Wildman–Crippen LogP) is 20.4. The molecule has 0 heterocycles. The Hall–Kier alpha value is -4.88. The first-order valence-electron chi connectivity index (χ1n) is 28.1. The monoisotopic (exact) mass is 914 g/mol. The van der Waals surface area contributed by atoms with Gasteiger partial charge >= 0.3 is 0 Å². The molecule has 3 saturated carbocycles. The highest BCUT2D eigenvalue weighted by molar-refractivity contribution is 5.87. The van der Waals surface area contributed by atoms with Crippen molar-refractivity contribution >= 4 is 17.1 Å². The van der Waals surface area contributed by atoms with E-state index in [9.17, 15) is 0 Å². The quantitative estimate of drug-likeness (QED) is 0.132. The van der Waals surface area contributed by atoms with Crippen LogP contribution in [0.1, 0.15) is 220 Å². The molecular weight excluding hydrogens is 831 g/mol. The van der Waals surface area contributed by atoms with Crippen LogP contribution in [-0.2, 0) is 10.8 Å². The number of anilines is 3. The molecule has 1 unspecified atom stereocenters. The van der Waals surface area contributed by atoms with Gasteiger partial charge in [0.2, 0.25) is 0 Å². The van der Waals surface area contributed by atoms with E-state index in [1.54, 1.807) is 11.1 Å². The van der Waals surface area contributed by atoms with E-state index in [0.717, 1.165) is 11.8 Å². The van der Waals surface area contributed by atoms with Gasteiger partial charge in [-0.3, -0.25) is 0 Å². The first-order valence-corrected chi connectivity index (χ1v) is 28.1. The van der Waals surface area contributed by atoms with Gasteiger partial charge in [-0.05, 0) is 178 Å². The van der Waals surface area contributed by atoms with Gasteiger partial charge in [-0.15, -0.1) is 0 Å². The van der Waals surface area contributed by atoms with Crippen LogP contribution in [0, 0.1) is 11.8 Å². The third kappa shape index (κ3) is 10.1. The predicted molar refractivity (Wildman–Crippen MR) is 297 cm³/mol. The van der Waals surface area contributed by atoms with Crippen LogP contribution in [0.3, 0.4) is 0 Å². The van der Waals surface area contributed by atoms with Crippen LogP contribution in [-0.4, -0.2) is 0 Å². The zero-order valence-electron chi connectivity index (χ0n) is 43.5. The van der Waals surface area contributed by atoms with Crippen LogP contribution in [0.5, 0.6) is 0 Å². The van der Waals surface area contributed by atoms with Gasteiger partial charge in [0.05, 0.1) is 0 Å². The van der Waals surface area contributed by atoms with Crippen molar-refractivity contribution in [3.8, 4) is 22.3 Å². The summed E-state index contributed by atoms with van der Waals surface area (Å²) in [5.41, 5.74) is 19.2. The number of hydrogen-bond donors (Lipinski definition) is 0. The summed E-state index contributed by atoms with van der Waals surface area (Å²) < 4.78 is 0. The number of rotatable bonds is 10. The van der Waals surface area contributed by atoms with Gasteiger partial charge in [-0.25, -0.2) is 0 Å². The molecule has 0 bridgehead atoms. The number of fused-ring (bicyclic) bond motifs is 3. The smallest absolute Gasteiger partial charge is 0.0465 e. The molecular formula is C68H83N. The second-order valence-corrected chi connectivity index (χ2v) is 23.6. The molecule has 4 aliphatic rings. The summed E-state index contributed by atoms with van der Waals surface area (Å²) in [6, 6.07) is 53.4. The normalized spacial score (nSPS) is 23.5. The molecule has 1 atom stereocenters. The van der Waals surface area contributed by atoms with Crippen LogP contribution in [0.25, 0.3) is 22.3 Å². The molecule has 10 rings (SSSR count). The molecule has 1 nitrogen and oxygen atoms in total. The second kappa shape index (κ2) is 20.8. The Morgan fingerprint density at radius 1 is 0.435 bits per heavy atom. The van der Waals surface area contributed by atoms with Gasteiger partial charge in [0.25, 0.3) is 0 Å². The highest BCUT2D eigenvalue weighted by atomic mass is 15.1. The zero-order valence-corrected chi connectivity index (χ0v) is 43.5. The van der Waals surface area contributed by atoms with E-state index < -0.39 is 0 Å². The summed E-state index contributed by atoms with van der Waals surface area (Å²) in [7, 11) is 0. The largest absolute Gasteiger partial charge is 0.310 e. The van der Waals surface area contributed by atoms with Gasteiger partial charge in [0, 0.05) is 22.5 Å². The fraction of sp³-hybridized carbons (Fsp3) is 0.471. The standard InChI is InChI=1S/C68H83N/c1-7-48-18-14-24-51(25-15-19-48)55-44-56(52-26-16-20-49(8-2)21-17-27-52)46-57(45-55)54-32-40-61(41-33-54)69(60-38-30-53(31-39-60)50-22-10-9-11-23-50)62-42-43-64-63-28-12-13-29-65(63)68(6,66(64)47-62)59-36-34-58(35-37-59)67(3,4)5/h12-13,28-52H,7-11,14-27H2,1-6H3. The molecule has 3 fully saturated rings. The van der Waals surface area contributed by atoms with Gasteiger partial charge in [-0.2, -0.15) is 0 Å². The molecule has 6 aromatic carbocycles. The Morgan fingerprint density at radius 3 is 1.48 bits per heavy atom. The van der Waals surface area contributed by atoms with Crippen LogP contribution >= 0.6 is 0 Å². The summed E-state index contributed by atoms with van der Waals surface area (Å²) in [5, 5.41) is 0. The van der Waals surface area contributed by atoms with E-state index in [1.807, 2.05) is 0 Å². The Bertz CT molecular complexity index is 2570. The molecule has 0 saturated heterocycles. The number of nitrogens with zero attached hydrogens (tertiary/aromatic N) is 1. The van der Waals surface area contributed by atoms with Crippen molar-refractivity contribution in [3.05, 3.63) is 172 Å². The van der Waals surface area contributed by atoms with Crippen molar-refractivity contribution in [2.75, 3.05) is 4.90 Å². The third-order valence-electron chi connectivity index (χ3n) is 18.3. The van der Waals surface area contributed by atoms with Crippen LogP contribution in [0.15, 0.2) is 133 Å². The Balaban J connectivity index is 1.04. The Morgan fingerprint density at radius 2 is 0.928 bits per heavy atom. The Labute approximate surface area is 418 Å². The minimum absolute atomic E-state index is 0.103.